The molecular weight excluding hydrogens is 474 g/mol. The number of benzene rings is 3. The molecule has 4 aromatic rings. The second-order valence-electron chi connectivity index (χ2n) is 9.01. The Kier molecular flexibility index (Phi) is 7.35. The maximum Gasteiger partial charge on any atom is 0.231 e. The standard InChI is InChI=1S/C29H32ClN3O3/c1-4-33(5-2)14-6-7-24(19-8-13-27-28(15-19)36-18-35-27)32-29-22-11-9-20(30)16-26(22)31-25-12-10-21(34-3)17-23(25)29/h8-13,15-17,24H,4-7,14,18H2,1-3H3,(H,31,32). The summed E-state index contributed by atoms with van der Waals surface area (Å²) in [7, 11) is 1.69. The van der Waals surface area contributed by atoms with E-state index in [1.165, 1.54) is 0 Å². The molecule has 6 nitrogen and oxygen atoms in total. The molecule has 188 valence electrons. The van der Waals surface area contributed by atoms with E-state index in [0.717, 1.165) is 82.8 Å². The number of hydrogen-bond acceptors (Lipinski definition) is 6. The predicted octanol–water partition coefficient (Wildman–Crippen LogP) is 7.05. The summed E-state index contributed by atoms with van der Waals surface area (Å²) in [4.78, 5) is 7.35. The van der Waals surface area contributed by atoms with Crippen LogP contribution in [0.15, 0.2) is 54.6 Å². The van der Waals surface area contributed by atoms with Gasteiger partial charge in [0.05, 0.1) is 29.9 Å². The number of methoxy groups -OCH3 is 1. The van der Waals surface area contributed by atoms with Crippen LogP contribution in [0.1, 0.15) is 38.3 Å². The number of anilines is 1. The molecule has 1 aromatic heterocycles. The maximum absolute atomic E-state index is 6.34. The van der Waals surface area contributed by atoms with Gasteiger partial charge in [-0.05, 0) is 86.6 Å². The minimum Gasteiger partial charge on any atom is -0.497 e. The molecule has 3 aromatic carbocycles. The summed E-state index contributed by atoms with van der Waals surface area (Å²) in [6.07, 6.45) is 2.02. The average Bonchev–Trinajstić information content (AvgIpc) is 3.37. The average molecular weight is 506 g/mol. The number of aromatic nitrogens is 1. The van der Waals surface area contributed by atoms with Crippen LogP contribution >= 0.6 is 11.6 Å². The van der Waals surface area contributed by atoms with Crippen LogP contribution in [-0.2, 0) is 0 Å². The van der Waals surface area contributed by atoms with Gasteiger partial charge >= 0.3 is 0 Å². The molecule has 1 atom stereocenters. The molecule has 1 aliphatic rings. The number of halogens is 1. The lowest BCUT2D eigenvalue weighted by atomic mass is 9.99. The highest BCUT2D eigenvalue weighted by Gasteiger charge is 2.21. The molecule has 36 heavy (non-hydrogen) atoms. The van der Waals surface area contributed by atoms with E-state index in [2.05, 4.69) is 36.2 Å². The first kappa shape index (κ1) is 24.5. The maximum atomic E-state index is 6.34. The van der Waals surface area contributed by atoms with Crippen LogP contribution in [0, 0.1) is 0 Å². The van der Waals surface area contributed by atoms with Crippen LogP contribution in [0.25, 0.3) is 21.8 Å². The van der Waals surface area contributed by atoms with E-state index < -0.39 is 0 Å². The third kappa shape index (κ3) is 5.01. The van der Waals surface area contributed by atoms with Crippen LogP contribution in [0.2, 0.25) is 5.02 Å². The van der Waals surface area contributed by atoms with E-state index in [4.69, 9.17) is 30.8 Å². The van der Waals surface area contributed by atoms with Crippen LogP contribution < -0.4 is 19.5 Å². The molecule has 1 N–H and O–H groups in total. The van der Waals surface area contributed by atoms with Gasteiger partial charge in [0.2, 0.25) is 6.79 Å². The molecule has 0 saturated heterocycles. The molecule has 0 spiro atoms. The second kappa shape index (κ2) is 10.8. The first-order valence-electron chi connectivity index (χ1n) is 12.5. The highest BCUT2D eigenvalue weighted by molar-refractivity contribution is 6.31. The van der Waals surface area contributed by atoms with E-state index in [1.54, 1.807) is 7.11 Å². The number of nitrogens with one attached hydrogen (secondary N) is 1. The van der Waals surface area contributed by atoms with Crippen LogP contribution in [0.3, 0.4) is 0 Å². The van der Waals surface area contributed by atoms with Gasteiger partial charge in [0.25, 0.3) is 0 Å². The Morgan fingerprint density at radius 3 is 2.61 bits per heavy atom. The van der Waals surface area contributed by atoms with Gasteiger partial charge in [0.1, 0.15) is 5.75 Å². The quantitative estimate of drug-likeness (QED) is 0.233. The molecule has 0 saturated carbocycles. The zero-order valence-corrected chi connectivity index (χ0v) is 21.8. The largest absolute Gasteiger partial charge is 0.497 e. The van der Waals surface area contributed by atoms with Gasteiger partial charge in [-0.25, -0.2) is 4.98 Å². The van der Waals surface area contributed by atoms with Crippen LogP contribution in [0.5, 0.6) is 17.2 Å². The fraction of sp³-hybridized carbons (Fsp3) is 0.345. The van der Waals surface area contributed by atoms with Crippen molar-refractivity contribution in [1.82, 2.24) is 9.88 Å². The Morgan fingerprint density at radius 2 is 1.81 bits per heavy atom. The van der Waals surface area contributed by atoms with Gasteiger partial charge in [-0.3, -0.25) is 0 Å². The fourth-order valence-electron chi connectivity index (χ4n) is 4.86. The van der Waals surface area contributed by atoms with E-state index in [-0.39, 0.29) is 12.8 Å². The summed E-state index contributed by atoms with van der Waals surface area (Å²) in [6.45, 7) is 7.85. The third-order valence-electron chi connectivity index (χ3n) is 6.92. The molecule has 0 fully saturated rings. The molecule has 0 bridgehead atoms. The number of rotatable bonds is 10. The van der Waals surface area contributed by atoms with Gasteiger partial charge in [0.15, 0.2) is 11.5 Å². The van der Waals surface area contributed by atoms with Crippen molar-refractivity contribution >= 4 is 39.1 Å². The normalized spacial score (nSPS) is 13.5. The zero-order chi connectivity index (χ0) is 25.1. The van der Waals surface area contributed by atoms with Gasteiger partial charge in [-0.2, -0.15) is 0 Å². The van der Waals surface area contributed by atoms with Crippen molar-refractivity contribution in [3.63, 3.8) is 0 Å². The second-order valence-corrected chi connectivity index (χ2v) is 9.45. The lowest BCUT2D eigenvalue weighted by Gasteiger charge is -2.25. The molecule has 1 unspecified atom stereocenters. The summed E-state index contributed by atoms with van der Waals surface area (Å²) in [5.41, 5.74) is 3.93. The van der Waals surface area contributed by atoms with Gasteiger partial charge < -0.3 is 24.4 Å². The van der Waals surface area contributed by atoms with E-state index in [9.17, 15) is 0 Å². The van der Waals surface area contributed by atoms with Gasteiger partial charge in [0, 0.05) is 15.8 Å². The lowest BCUT2D eigenvalue weighted by Crippen LogP contribution is -2.25. The van der Waals surface area contributed by atoms with Crippen molar-refractivity contribution in [3.05, 3.63) is 65.2 Å². The molecule has 5 rings (SSSR count). The Morgan fingerprint density at radius 1 is 0.972 bits per heavy atom. The summed E-state index contributed by atoms with van der Waals surface area (Å²) in [6, 6.07) is 18.1. The number of ether oxygens (including phenoxy) is 3. The Labute approximate surface area is 217 Å². The molecule has 1 aliphatic heterocycles. The SMILES string of the molecule is CCN(CC)CCCC(Nc1c2ccc(Cl)cc2nc2ccc(OC)cc12)c1ccc2c(c1)OCO2. The van der Waals surface area contributed by atoms with Crippen molar-refractivity contribution in [1.29, 1.82) is 0 Å². The predicted molar refractivity (Wildman–Crippen MR) is 147 cm³/mol. The highest BCUT2D eigenvalue weighted by Crippen LogP contribution is 2.39. The van der Waals surface area contributed by atoms with Crippen molar-refractivity contribution in [2.75, 3.05) is 38.9 Å². The Hall–Kier alpha value is -3.22. The highest BCUT2D eigenvalue weighted by atomic mass is 35.5. The fourth-order valence-corrected chi connectivity index (χ4v) is 5.03. The monoisotopic (exact) mass is 505 g/mol. The third-order valence-corrected chi connectivity index (χ3v) is 7.16. The number of fused-ring (bicyclic) bond motifs is 3. The molecule has 0 radical (unpaired) electrons. The topological polar surface area (TPSA) is 55.9 Å². The van der Waals surface area contributed by atoms with Crippen molar-refractivity contribution in [3.8, 4) is 17.2 Å². The van der Waals surface area contributed by atoms with Crippen LogP contribution in [0.4, 0.5) is 5.69 Å². The van der Waals surface area contributed by atoms with Crippen molar-refractivity contribution in [2.24, 2.45) is 0 Å². The van der Waals surface area contributed by atoms with Crippen LogP contribution in [-0.4, -0.2) is 43.4 Å². The number of nitrogens with zero attached hydrogens (tertiary/aromatic N) is 2. The minimum absolute atomic E-state index is 0.0609. The van der Waals surface area contributed by atoms with Crippen molar-refractivity contribution in [2.45, 2.75) is 32.7 Å². The molecular formula is C29H32ClN3O3. The Balaban J connectivity index is 1.58. The Bertz CT molecular complexity index is 1370. The van der Waals surface area contributed by atoms with Crippen molar-refractivity contribution < 1.29 is 14.2 Å². The molecule has 0 amide bonds. The molecule has 0 aliphatic carbocycles. The summed E-state index contributed by atoms with van der Waals surface area (Å²) >= 11 is 6.34. The first-order chi connectivity index (χ1) is 17.6. The molecule has 2 heterocycles. The molecule has 7 heteroatoms. The zero-order valence-electron chi connectivity index (χ0n) is 21.0. The van der Waals surface area contributed by atoms with E-state index >= 15 is 0 Å². The van der Waals surface area contributed by atoms with Gasteiger partial charge in [-0.15, -0.1) is 0 Å². The number of pyridine rings is 1. The number of hydrogen-bond donors (Lipinski definition) is 1. The summed E-state index contributed by atoms with van der Waals surface area (Å²) in [5.74, 6) is 2.38. The van der Waals surface area contributed by atoms with Gasteiger partial charge in [-0.1, -0.05) is 31.5 Å². The summed E-state index contributed by atoms with van der Waals surface area (Å²) < 4.78 is 16.8. The smallest absolute Gasteiger partial charge is 0.231 e. The van der Waals surface area contributed by atoms with E-state index in [0.29, 0.717) is 5.02 Å². The minimum atomic E-state index is 0.0609. The van der Waals surface area contributed by atoms with E-state index in [1.807, 2.05) is 42.5 Å². The summed E-state index contributed by atoms with van der Waals surface area (Å²) in [5, 5.41) is 6.60. The first-order valence-corrected chi connectivity index (χ1v) is 12.9. The lowest BCUT2D eigenvalue weighted by molar-refractivity contribution is 0.174.